The second kappa shape index (κ2) is 6.49. The SMILES string of the molecule is CCC(Br)c1nc2snc(C)c2c(=O)n1Cc1ccc(F)cc1. The molecular formula is C16H15BrFN3OS. The summed E-state index contributed by atoms with van der Waals surface area (Å²) in [6, 6.07) is 6.16. The maximum Gasteiger partial charge on any atom is 0.264 e. The highest BCUT2D eigenvalue weighted by molar-refractivity contribution is 9.09. The highest BCUT2D eigenvalue weighted by atomic mass is 79.9. The van der Waals surface area contributed by atoms with Gasteiger partial charge in [-0.25, -0.2) is 9.37 Å². The van der Waals surface area contributed by atoms with Crippen LogP contribution in [0.1, 0.15) is 35.3 Å². The number of alkyl halides is 1. The number of halogens is 2. The van der Waals surface area contributed by atoms with Crippen molar-refractivity contribution in [2.75, 3.05) is 0 Å². The van der Waals surface area contributed by atoms with E-state index in [0.717, 1.165) is 12.0 Å². The van der Waals surface area contributed by atoms with E-state index in [1.54, 1.807) is 16.7 Å². The zero-order chi connectivity index (χ0) is 16.6. The van der Waals surface area contributed by atoms with Crippen LogP contribution < -0.4 is 5.56 Å². The first kappa shape index (κ1) is 16.3. The van der Waals surface area contributed by atoms with Crippen molar-refractivity contribution in [2.45, 2.75) is 31.6 Å². The molecule has 3 aromatic rings. The van der Waals surface area contributed by atoms with E-state index in [-0.39, 0.29) is 16.2 Å². The van der Waals surface area contributed by atoms with Gasteiger partial charge < -0.3 is 0 Å². The Labute approximate surface area is 145 Å². The maximum atomic E-state index is 13.1. The van der Waals surface area contributed by atoms with Crippen LogP contribution in [0.2, 0.25) is 0 Å². The van der Waals surface area contributed by atoms with Gasteiger partial charge in [-0.15, -0.1) is 0 Å². The molecule has 23 heavy (non-hydrogen) atoms. The normalized spacial score (nSPS) is 12.7. The van der Waals surface area contributed by atoms with Crippen LogP contribution in [0.3, 0.4) is 0 Å². The molecule has 4 nitrogen and oxygen atoms in total. The Morgan fingerprint density at radius 3 is 2.70 bits per heavy atom. The Morgan fingerprint density at radius 1 is 1.35 bits per heavy atom. The number of aryl methyl sites for hydroxylation is 1. The van der Waals surface area contributed by atoms with Gasteiger partial charge in [-0.1, -0.05) is 35.0 Å². The van der Waals surface area contributed by atoms with E-state index in [0.29, 0.717) is 28.3 Å². The van der Waals surface area contributed by atoms with Crippen LogP contribution in [-0.2, 0) is 6.54 Å². The van der Waals surface area contributed by atoms with Crippen molar-refractivity contribution in [2.24, 2.45) is 0 Å². The van der Waals surface area contributed by atoms with Crippen LogP contribution in [0.15, 0.2) is 29.1 Å². The predicted molar refractivity (Wildman–Crippen MR) is 93.9 cm³/mol. The predicted octanol–water partition coefficient (Wildman–Crippen LogP) is 4.19. The lowest BCUT2D eigenvalue weighted by Gasteiger charge is -2.15. The molecule has 0 saturated carbocycles. The van der Waals surface area contributed by atoms with Gasteiger partial charge in [-0.3, -0.25) is 9.36 Å². The van der Waals surface area contributed by atoms with Crippen molar-refractivity contribution in [1.82, 2.24) is 13.9 Å². The lowest BCUT2D eigenvalue weighted by atomic mass is 10.2. The second-order valence-electron chi connectivity index (χ2n) is 5.31. The Kier molecular flexibility index (Phi) is 4.59. The number of nitrogens with zero attached hydrogens (tertiary/aromatic N) is 3. The van der Waals surface area contributed by atoms with Gasteiger partial charge in [0.1, 0.15) is 11.6 Å². The summed E-state index contributed by atoms with van der Waals surface area (Å²) < 4.78 is 19.0. The largest absolute Gasteiger partial charge is 0.291 e. The van der Waals surface area contributed by atoms with Gasteiger partial charge in [0, 0.05) is 0 Å². The molecule has 1 atom stereocenters. The zero-order valence-corrected chi connectivity index (χ0v) is 15.1. The van der Waals surface area contributed by atoms with Gasteiger partial charge in [0.25, 0.3) is 5.56 Å². The summed E-state index contributed by atoms with van der Waals surface area (Å²) in [6.45, 7) is 4.19. The summed E-state index contributed by atoms with van der Waals surface area (Å²) >= 11 is 4.83. The van der Waals surface area contributed by atoms with E-state index in [1.807, 2.05) is 13.8 Å². The summed E-state index contributed by atoms with van der Waals surface area (Å²) in [4.78, 5) is 18.2. The molecule has 0 N–H and O–H groups in total. The second-order valence-corrected chi connectivity index (χ2v) is 7.17. The Balaban J connectivity index is 2.19. The molecule has 120 valence electrons. The third-order valence-corrected chi connectivity index (χ3v) is 5.58. The number of benzene rings is 1. The molecule has 0 saturated heterocycles. The zero-order valence-electron chi connectivity index (χ0n) is 12.7. The lowest BCUT2D eigenvalue weighted by Crippen LogP contribution is -2.26. The summed E-state index contributed by atoms with van der Waals surface area (Å²) in [7, 11) is 0. The summed E-state index contributed by atoms with van der Waals surface area (Å²) in [6.07, 6.45) is 0.805. The fourth-order valence-electron chi connectivity index (χ4n) is 2.43. The molecule has 0 aliphatic carbocycles. The summed E-state index contributed by atoms with van der Waals surface area (Å²) in [5, 5.41) is 0.566. The summed E-state index contributed by atoms with van der Waals surface area (Å²) in [5.74, 6) is 0.387. The molecule has 0 amide bonds. The lowest BCUT2D eigenvalue weighted by molar-refractivity contribution is 0.624. The van der Waals surface area contributed by atoms with E-state index in [2.05, 4.69) is 25.3 Å². The maximum absolute atomic E-state index is 13.1. The Hall–Kier alpha value is -1.60. The molecule has 2 aromatic heterocycles. The third-order valence-electron chi connectivity index (χ3n) is 3.69. The van der Waals surface area contributed by atoms with Gasteiger partial charge in [-0.05, 0) is 42.6 Å². The Bertz CT molecular complexity index is 904. The topological polar surface area (TPSA) is 47.8 Å². The van der Waals surface area contributed by atoms with Crippen LogP contribution in [0.5, 0.6) is 0 Å². The van der Waals surface area contributed by atoms with Crippen molar-refractivity contribution < 1.29 is 4.39 Å². The summed E-state index contributed by atoms with van der Waals surface area (Å²) in [5.41, 5.74) is 1.45. The first-order valence-electron chi connectivity index (χ1n) is 7.26. The van der Waals surface area contributed by atoms with Crippen molar-refractivity contribution in [3.63, 3.8) is 0 Å². The van der Waals surface area contributed by atoms with Crippen molar-refractivity contribution in [1.29, 1.82) is 0 Å². The minimum atomic E-state index is -0.292. The molecule has 2 heterocycles. The van der Waals surface area contributed by atoms with Crippen LogP contribution >= 0.6 is 27.5 Å². The molecule has 0 spiro atoms. The molecule has 0 bridgehead atoms. The molecule has 1 aromatic carbocycles. The average Bonchev–Trinajstić information content (AvgIpc) is 2.92. The highest BCUT2D eigenvalue weighted by Crippen LogP contribution is 2.27. The molecular weight excluding hydrogens is 381 g/mol. The van der Waals surface area contributed by atoms with Crippen molar-refractivity contribution in [3.05, 3.63) is 57.5 Å². The van der Waals surface area contributed by atoms with Crippen LogP contribution in [0.4, 0.5) is 4.39 Å². The molecule has 0 aliphatic heterocycles. The van der Waals surface area contributed by atoms with Crippen LogP contribution in [0, 0.1) is 12.7 Å². The van der Waals surface area contributed by atoms with Crippen molar-refractivity contribution in [3.8, 4) is 0 Å². The third kappa shape index (κ3) is 3.07. The van der Waals surface area contributed by atoms with E-state index < -0.39 is 0 Å². The van der Waals surface area contributed by atoms with Crippen LogP contribution in [0.25, 0.3) is 10.2 Å². The van der Waals surface area contributed by atoms with Crippen LogP contribution in [-0.4, -0.2) is 13.9 Å². The van der Waals surface area contributed by atoms with Gasteiger partial charge in [-0.2, -0.15) is 4.37 Å². The van der Waals surface area contributed by atoms with E-state index >= 15 is 0 Å². The number of rotatable bonds is 4. The van der Waals surface area contributed by atoms with E-state index in [4.69, 9.17) is 0 Å². The van der Waals surface area contributed by atoms with Gasteiger partial charge in [0.05, 0.1) is 22.5 Å². The number of fused-ring (bicyclic) bond motifs is 1. The van der Waals surface area contributed by atoms with Gasteiger partial charge >= 0.3 is 0 Å². The molecule has 0 aliphatic rings. The fraction of sp³-hybridized carbons (Fsp3) is 0.312. The minimum absolute atomic E-state index is 0.0255. The minimum Gasteiger partial charge on any atom is -0.291 e. The quantitative estimate of drug-likeness (QED) is 0.622. The number of hydrogen-bond donors (Lipinski definition) is 0. The number of aromatic nitrogens is 3. The highest BCUT2D eigenvalue weighted by Gasteiger charge is 2.19. The van der Waals surface area contributed by atoms with Gasteiger partial charge in [0.2, 0.25) is 0 Å². The monoisotopic (exact) mass is 395 g/mol. The van der Waals surface area contributed by atoms with E-state index in [9.17, 15) is 9.18 Å². The molecule has 7 heteroatoms. The van der Waals surface area contributed by atoms with Crippen molar-refractivity contribution >= 4 is 37.7 Å². The number of hydrogen-bond acceptors (Lipinski definition) is 4. The molecule has 0 fully saturated rings. The standard InChI is InChI=1S/C16H15BrFN3OS/c1-3-12(17)14-19-15-13(9(2)20-23-15)16(22)21(14)8-10-4-6-11(18)7-5-10/h4-7,12H,3,8H2,1-2H3. The first-order valence-corrected chi connectivity index (χ1v) is 8.95. The molecule has 3 rings (SSSR count). The fourth-order valence-corrected chi connectivity index (χ4v) is 3.56. The molecule has 0 radical (unpaired) electrons. The average molecular weight is 396 g/mol. The Morgan fingerprint density at radius 2 is 2.04 bits per heavy atom. The smallest absolute Gasteiger partial charge is 0.264 e. The van der Waals surface area contributed by atoms with Gasteiger partial charge in [0.15, 0.2) is 4.83 Å². The van der Waals surface area contributed by atoms with E-state index in [1.165, 1.54) is 23.7 Å². The molecule has 1 unspecified atom stereocenters. The first-order chi connectivity index (χ1) is 11.0.